The molecule has 2 aromatic carbocycles. The zero-order chi connectivity index (χ0) is 21.2. The lowest BCUT2D eigenvalue weighted by molar-refractivity contribution is 0.102. The van der Waals surface area contributed by atoms with E-state index in [9.17, 15) is 13.2 Å². The minimum Gasteiger partial charge on any atom is -0.492 e. The normalized spacial score (nSPS) is 14.8. The molecule has 0 bridgehead atoms. The number of carbonyl (C=O) groups is 1. The van der Waals surface area contributed by atoms with Crippen molar-refractivity contribution >= 4 is 21.6 Å². The maximum atomic E-state index is 13.1. The van der Waals surface area contributed by atoms with Gasteiger partial charge in [-0.1, -0.05) is 17.7 Å². The third-order valence-electron chi connectivity index (χ3n) is 5.09. The van der Waals surface area contributed by atoms with Crippen molar-refractivity contribution in [1.29, 1.82) is 0 Å². The van der Waals surface area contributed by atoms with Gasteiger partial charge >= 0.3 is 0 Å². The van der Waals surface area contributed by atoms with Crippen LogP contribution >= 0.6 is 0 Å². The zero-order valence-corrected chi connectivity index (χ0v) is 18.2. The largest absolute Gasteiger partial charge is 0.492 e. The molecule has 1 heterocycles. The molecule has 1 N–H and O–H groups in total. The van der Waals surface area contributed by atoms with Crippen LogP contribution in [0.25, 0.3) is 0 Å². The van der Waals surface area contributed by atoms with Crippen LogP contribution in [0.3, 0.4) is 0 Å². The maximum absolute atomic E-state index is 13.1. The number of rotatable bonds is 6. The number of hydrogen-bond acceptors (Lipinski definition) is 4. The molecule has 0 atom stereocenters. The van der Waals surface area contributed by atoms with Crippen LogP contribution in [-0.2, 0) is 10.0 Å². The highest BCUT2D eigenvalue weighted by Crippen LogP contribution is 2.32. The predicted molar refractivity (Wildman–Crippen MR) is 114 cm³/mol. The van der Waals surface area contributed by atoms with Crippen LogP contribution in [0.2, 0.25) is 0 Å². The van der Waals surface area contributed by atoms with Gasteiger partial charge in [-0.25, -0.2) is 8.42 Å². The number of nitrogens with zero attached hydrogens (tertiary/aromatic N) is 1. The molecule has 0 saturated carbocycles. The summed E-state index contributed by atoms with van der Waals surface area (Å²) in [6.07, 6.45) is 1.71. The first-order chi connectivity index (χ1) is 13.7. The van der Waals surface area contributed by atoms with E-state index in [0.29, 0.717) is 36.7 Å². The van der Waals surface area contributed by atoms with E-state index in [1.54, 1.807) is 12.1 Å². The predicted octanol–water partition coefficient (Wildman–Crippen LogP) is 4.05. The van der Waals surface area contributed by atoms with Crippen LogP contribution in [0.1, 0.15) is 46.8 Å². The number of hydrogen-bond donors (Lipinski definition) is 1. The van der Waals surface area contributed by atoms with E-state index in [4.69, 9.17) is 4.74 Å². The Morgan fingerprint density at radius 1 is 1.07 bits per heavy atom. The van der Waals surface area contributed by atoms with E-state index in [1.807, 2.05) is 39.8 Å². The summed E-state index contributed by atoms with van der Waals surface area (Å²) in [6, 6.07) is 8.70. The van der Waals surface area contributed by atoms with Gasteiger partial charge in [-0.2, -0.15) is 4.31 Å². The maximum Gasteiger partial charge on any atom is 0.256 e. The summed E-state index contributed by atoms with van der Waals surface area (Å²) in [7, 11) is -3.68. The molecule has 1 aliphatic heterocycles. The molecule has 7 heteroatoms. The second kappa shape index (κ2) is 8.55. The fraction of sp³-hybridized carbons (Fsp3) is 0.409. The lowest BCUT2D eigenvalue weighted by Gasteiger charge is -2.19. The second-order valence-corrected chi connectivity index (χ2v) is 9.34. The van der Waals surface area contributed by atoms with E-state index >= 15 is 0 Å². The van der Waals surface area contributed by atoms with Gasteiger partial charge in [0, 0.05) is 24.3 Å². The minimum absolute atomic E-state index is 0.0939. The molecule has 156 valence electrons. The molecule has 0 aromatic heterocycles. The van der Waals surface area contributed by atoms with Gasteiger partial charge in [0.2, 0.25) is 10.0 Å². The zero-order valence-electron chi connectivity index (χ0n) is 17.4. The van der Waals surface area contributed by atoms with Gasteiger partial charge in [0.05, 0.1) is 6.61 Å². The topological polar surface area (TPSA) is 75.7 Å². The fourth-order valence-electron chi connectivity index (χ4n) is 3.86. The van der Waals surface area contributed by atoms with Crippen LogP contribution in [0.15, 0.2) is 35.2 Å². The number of carbonyl (C=O) groups excluding carboxylic acids is 1. The lowest BCUT2D eigenvalue weighted by Crippen LogP contribution is -2.28. The summed E-state index contributed by atoms with van der Waals surface area (Å²) in [5.74, 6) is 0.0498. The Labute approximate surface area is 172 Å². The number of nitrogens with one attached hydrogen (secondary N) is 1. The van der Waals surface area contributed by atoms with E-state index in [-0.39, 0.29) is 10.8 Å². The van der Waals surface area contributed by atoms with Crippen molar-refractivity contribution in [3.63, 3.8) is 0 Å². The minimum atomic E-state index is -3.68. The summed E-state index contributed by atoms with van der Waals surface area (Å²) in [5.41, 5.74) is 3.90. The molecule has 2 aromatic rings. The van der Waals surface area contributed by atoms with E-state index in [0.717, 1.165) is 29.5 Å². The first kappa shape index (κ1) is 21.3. The van der Waals surface area contributed by atoms with Crippen molar-refractivity contribution < 1.29 is 17.9 Å². The van der Waals surface area contributed by atoms with Gasteiger partial charge < -0.3 is 10.1 Å². The number of amides is 1. The van der Waals surface area contributed by atoms with Crippen molar-refractivity contribution in [3.05, 3.63) is 52.6 Å². The number of sulfonamides is 1. The molecule has 1 aliphatic rings. The lowest BCUT2D eigenvalue weighted by atomic mass is 9.99. The molecule has 0 radical (unpaired) electrons. The Kier molecular flexibility index (Phi) is 6.29. The third kappa shape index (κ3) is 4.46. The van der Waals surface area contributed by atoms with E-state index in [2.05, 4.69) is 5.32 Å². The van der Waals surface area contributed by atoms with Crippen LogP contribution in [0.5, 0.6) is 5.75 Å². The average Bonchev–Trinajstić information content (AvgIpc) is 3.17. The molecule has 0 aliphatic carbocycles. The third-order valence-corrected chi connectivity index (χ3v) is 7.01. The van der Waals surface area contributed by atoms with Gasteiger partial charge in [0.15, 0.2) is 0 Å². The smallest absolute Gasteiger partial charge is 0.256 e. The van der Waals surface area contributed by atoms with Gasteiger partial charge in [-0.3, -0.25) is 4.79 Å². The molecular weight excluding hydrogens is 388 g/mol. The van der Waals surface area contributed by atoms with E-state index in [1.165, 1.54) is 10.4 Å². The average molecular weight is 417 g/mol. The Balaban J connectivity index is 1.96. The number of benzene rings is 2. The summed E-state index contributed by atoms with van der Waals surface area (Å²) >= 11 is 0. The van der Waals surface area contributed by atoms with E-state index < -0.39 is 10.0 Å². The highest BCUT2D eigenvalue weighted by molar-refractivity contribution is 7.89. The number of ether oxygens (including phenoxy) is 1. The van der Waals surface area contributed by atoms with Crippen LogP contribution in [-0.4, -0.2) is 38.3 Å². The Morgan fingerprint density at radius 3 is 2.28 bits per heavy atom. The van der Waals surface area contributed by atoms with Crippen LogP contribution in [0.4, 0.5) is 5.69 Å². The molecular formula is C22H28N2O4S. The molecule has 1 fully saturated rings. The number of anilines is 1. The quantitative estimate of drug-likeness (QED) is 0.771. The highest BCUT2D eigenvalue weighted by atomic mass is 32.2. The molecule has 3 rings (SSSR count). The van der Waals surface area contributed by atoms with Crippen molar-refractivity contribution in [3.8, 4) is 5.75 Å². The monoisotopic (exact) mass is 416 g/mol. The first-order valence-corrected chi connectivity index (χ1v) is 11.3. The van der Waals surface area contributed by atoms with Crippen molar-refractivity contribution in [2.75, 3.05) is 25.0 Å². The Bertz CT molecular complexity index is 1000. The standard InChI is InChI=1S/C22H28N2O4S/c1-5-28-19-9-8-18(14-20(19)29(26,27)24-10-6-7-11-24)23-22(25)21-16(3)12-15(2)13-17(21)4/h8-9,12-14H,5-7,10-11H2,1-4H3,(H,23,25). The van der Waals surface area contributed by atoms with Crippen molar-refractivity contribution in [2.24, 2.45) is 0 Å². The molecule has 0 unspecified atom stereocenters. The summed E-state index contributed by atoms with van der Waals surface area (Å²) in [5, 5.41) is 2.85. The van der Waals surface area contributed by atoms with Crippen molar-refractivity contribution in [2.45, 2.75) is 45.4 Å². The highest BCUT2D eigenvalue weighted by Gasteiger charge is 2.30. The summed E-state index contributed by atoms with van der Waals surface area (Å²) < 4.78 is 33.3. The molecule has 6 nitrogen and oxygen atoms in total. The molecule has 29 heavy (non-hydrogen) atoms. The van der Waals surface area contributed by atoms with Gasteiger partial charge in [0.25, 0.3) is 5.91 Å². The van der Waals surface area contributed by atoms with Gasteiger partial charge in [-0.05, 0) is 69.9 Å². The fourth-order valence-corrected chi connectivity index (χ4v) is 5.54. The first-order valence-electron chi connectivity index (χ1n) is 9.90. The molecule has 1 amide bonds. The van der Waals surface area contributed by atoms with Crippen LogP contribution in [0, 0.1) is 20.8 Å². The SMILES string of the molecule is CCOc1ccc(NC(=O)c2c(C)cc(C)cc2C)cc1S(=O)(=O)N1CCCC1. The van der Waals surface area contributed by atoms with Crippen molar-refractivity contribution in [1.82, 2.24) is 4.31 Å². The Morgan fingerprint density at radius 2 is 1.69 bits per heavy atom. The Hall–Kier alpha value is -2.38. The second-order valence-electron chi connectivity index (χ2n) is 7.43. The summed E-state index contributed by atoms with van der Waals surface area (Å²) in [6.45, 7) is 8.97. The van der Waals surface area contributed by atoms with Crippen LogP contribution < -0.4 is 10.1 Å². The van der Waals surface area contributed by atoms with Gasteiger partial charge in [0.1, 0.15) is 10.6 Å². The molecule has 0 spiro atoms. The van der Waals surface area contributed by atoms with Gasteiger partial charge in [-0.15, -0.1) is 0 Å². The summed E-state index contributed by atoms with van der Waals surface area (Å²) in [4.78, 5) is 13.0. The number of aryl methyl sites for hydroxylation is 3. The molecule has 1 saturated heterocycles.